The molecule has 0 fully saturated rings. The second-order valence-corrected chi connectivity index (χ2v) is 5.09. The molecule has 1 aromatic heterocycles. The van der Waals surface area contributed by atoms with Gasteiger partial charge in [0, 0.05) is 20.6 Å². The Kier molecular flexibility index (Phi) is 3.41. The quantitative estimate of drug-likeness (QED) is 0.692. The third-order valence-electron chi connectivity index (χ3n) is 1.75. The molecule has 0 amide bonds. The van der Waals surface area contributed by atoms with E-state index in [0.29, 0.717) is 5.92 Å². The minimum atomic E-state index is 0.199. The van der Waals surface area contributed by atoms with Crippen LogP contribution in [0.2, 0.25) is 0 Å². The average Bonchev–Trinajstić information content (AvgIpc) is 2.33. The number of rotatable bonds is 2. The molecule has 1 heterocycles. The highest BCUT2D eigenvalue weighted by Crippen LogP contribution is 2.33. The van der Waals surface area contributed by atoms with Gasteiger partial charge in [0.1, 0.15) is 0 Å². The number of hydrogen-bond donors (Lipinski definition) is 0. The summed E-state index contributed by atoms with van der Waals surface area (Å²) in [4.78, 5) is 1.34. The number of halogens is 2. The molecule has 0 radical (unpaired) electrons. The summed E-state index contributed by atoms with van der Waals surface area (Å²) in [6, 6.07) is 2.07. The van der Waals surface area contributed by atoms with E-state index in [9.17, 15) is 0 Å². The van der Waals surface area contributed by atoms with Gasteiger partial charge >= 0.3 is 0 Å². The van der Waals surface area contributed by atoms with E-state index in [1.807, 2.05) is 6.92 Å². The fourth-order valence-corrected chi connectivity index (χ4v) is 2.94. The lowest BCUT2D eigenvalue weighted by Crippen LogP contribution is -2.02. The second-order valence-electron chi connectivity index (χ2n) is 2.60. The molecule has 0 aromatic carbocycles. The predicted octanol–water partition coefficient (Wildman–Crippen LogP) is 4.24. The van der Waals surface area contributed by atoms with E-state index in [2.05, 4.69) is 34.3 Å². The maximum Gasteiger partial charge on any atom is 0.0382 e. The van der Waals surface area contributed by atoms with E-state index < -0.39 is 0 Å². The number of alkyl halides is 1. The molecule has 1 aromatic rings. The molecule has 62 valence electrons. The van der Waals surface area contributed by atoms with E-state index in [1.54, 1.807) is 11.3 Å². The first kappa shape index (κ1) is 9.56. The summed E-state index contributed by atoms with van der Waals surface area (Å²) in [6.07, 6.45) is 0. The summed E-state index contributed by atoms with van der Waals surface area (Å²) in [7, 11) is 0. The second kappa shape index (κ2) is 3.92. The van der Waals surface area contributed by atoms with Crippen LogP contribution in [0.5, 0.6) is 0 Å². The monoisotopic (exact) mass is 252 g/mol. The molecule has 0 spiro atoms. The molecule has 0 nitrogen and oxygen atoms in total. The van der Waals surface area contributed by atoms with Crippen LogP contribution in [0.4, 0.5) is 0 Å². The molecular weight excluding hydrogens is 244 g/mol. The smallest absolute Gasteiger partial charge is 0.0382 e. The minimum absolute atomic E-state index is 0.199. The van der Waals surface area contributed by atoms with E-state index in [1.165, 1.54) is 9.35 Å². The van der Waals surface area contributed by atoms with Crippen molar-refractivity contribution in [1.82, 2.24) is 0 Å². The SMILES string of the molecule is CC(Cl)C(C)c1sccc1Br. The van der Waals surface area contributed by atoms with Crippen LogP contribution < -0.4 is 0 Å². The first-order valence-electron chi connectivity index (χ1n) is 3.50. The summed E-state index contributed by atoms with van der Waals surface area (Å²) in [5, 5.41) is 2.28. The first-order valence-corrected chi connectivity index (χ1v) is 5.60. The van der Waals surface area contributed by atoms with Crippen LogP contribution in [-0.4, -0.2) is 5.38 Å². The Morgan fingerprint density at radius 1 is 1.55 bits per heavy atom. The molecule has 2 unspecified atom stereocenters. The minimum Gasteiger partial charge on any atom is -0.147 e. The van der Waals surface area contributed by atoms with Gasteiger partial charge in [0.2, 0.25) is 0 Å². The van der Waals surface area contributed by atoms with Gasteiger partial charge in [0.05, 0.1) is 0 Å². The molecule has 0 saturated carbocycles. The van der Waals surface area contributed by atoms with Crippen molar-refractivity contribution < 1.29 is 0 Å². The van der Waals surface area contributed by atoms with Crippen molar-refractivity contribution in [3.05, 3.63) is 20.8 Å². The molecule has 1 rings (SSSR count). The third kappa shape index (κ3) is 2.20. The molecule has 11 heavy (non-hydrogen) atoms. The molecule has 0 N–H and O–H groups in total. The van der Waals surface area contributed by atoms with E-state index in [0.717, 1.165) is 0 Å². The van der Waals surface area contributed by atoms with Crippen LogP contribution in [0, 0.1) is 0 Å². The largest absolute Gasteiger partial charge is 0.147 e. The maximum atomic E-state index is 5.98. The zero-order valence-corrected chi connectivity index (χ0v) is 9.63. The highest BCUT2D eigenvalue weighted by Gasteiger charge is 2.15. The van der Waals surface area contributed by atoms with Crippen molar-refractivity contribution in [1.29, 1.82) is 0 Å². The summed E-state index contributed by atoms with van der Waals surface area (Å²) in [5.74, 6) is 0.436. The topological polar surface area (TPSA) is 0 Å². The molecule has 2 atom stereocenters. The van der Waals surface area contributed by atoms with Crippen LogP contribution in [-0.2, 0) is 0 Å². The zero-order chi connectivity index (χ0) is 8.43. The Bertz CT molecular complexity index is 232. The van der Waals surface area contributed by atoms with Crippen molar-refractivity contribution in [2.45, 2.75) is 25.1 Å². The van der Waals surface area contributed by atoms with Crippen LogP contribution >= 0.6 is 38.9 Å². The van der Waals surface area contributed by atoms with Gasteiger partial charge in [-0.05, 0) is 34.3 Å². The van der Waals surface area contributed by atoms with Crippen LogP contribution in [0.1, 0.15) is 24.6 Å². The van der Waals surface area contributed by atoms with Gasteiger partial charge < -0.3 is 0 Å². The Balaban J connectivity index is 2.84. The molecular formula is C8H10BrClS. The standard InChI is InChI=1S/C8H10BrClS/c1-5(6(2)10)8-7(9)3-4-11-8/h3-6H,1-2H3. The lowest BCUT2D eigenvalue weighted by atomic mass is 10.1. The Morgan fingerprint density at radius 2 is 2.18 bits per heavy atom. The summed E-state index contributed by atoms with van der Waals surface area (Å²) in [5.41, 5.74) is 0. The van der Waals surface area contributed by atoms with Crippen LogP contribution in [0.15, 0.2) is 15.9 Å². The van der Waals surface area contributed by atoms with Crippen LogP contribution in [0.25, 0.3) is 0 Å². The molecule has 0 aliphatic heterocycles. The third-order valence-corrected chi connectivity index (χ3v) is 4.20. The zero-order valence-electron chi connectivity index (χ0n) is 6.47. The van der Waals surface area contributed by atoms with Crippen molar-refractivity contribution in [2.24, 2.45) is 0 Å². The van der Waals surface area contributed by atoms with Crippen molar-refractivity contribution in [3.8, 4) is 0 Å². The van der Waals surface area contributed by atoms with Gasteiger partial charge in [-0.2, -0.15) is 0 Å². The van der Waals surface area contributed by atoms with Gasteiger partial charge in [-0.25, -0.2) is 0 Å². The first-order chi connectivity index (χ1) is 5.13. The van der Waals surface area contributed by atoms with Crippen molar-refractivity contribution >= 4 is 38.9 Å². The van der Waals surface area contributed by atoms with Gasteiger partial charge in [-0.1, -0.05) is 6.92 Å². The van der Waals surface area contributed by atoms with Gasteiger partial charge in [0.25, 0.3) is 0 Å². The summed E-state index contributed by atoms with van der Waals surface area (Å²) >= 11 is 11.2. The lowest BCUT2D eigenvalue weighted by Gasteiger charge is -2.11. The Hall–Kier alpha value is 0.470. The molecule has 0 saturated heterocycles. The fraction of sp³-hybridized carbons (Fsp3) is 0.500. The van der Waals surface area contributed by atoms with E-state index in [-0.39, 0.29) is 5.38 Å². The highest BCUT2D eigenvalue weighted by molar-refractivity contribution is 9.10. The molecule has 0 aliphatic carbocycles. The van der Waals surface area contributed by atoms with Gasteiger partial charge in [-0.15, -0.1) is 22.9 Å². The summed E-state index contributed by atoms with van der Waals surface area (Å²) < 4.78 is 1.18. The predicted molar refractivity (Wildman–Crippen MR) is 55.7 cm³/mol. The van der Waals surface area contributed by atoms with E-state index in [4.69, 9.17) is 11.6 Å². The lowest BCUT2D eigenvalue weighted by molar-refractivity contribution is 0.754. The average molecular weight is 254 g/mol. The fourth-order valence-electron chi connectivity index (χ4n) is 0.839. The number of thiophene rings is 1. The summed E-state index contributed by atoms with van der Waals surface area (Å²) in [6.45, 7) is 4.17. The van der Waals surface area contributed by atoms with Gasteiger partial charge in [-0.3, -0.25) is 0 Å². The molecule has 3 heteroatoms. The molecule has 0 aliphatic rings. The normalized spacial score (nSPS) is 16.4. The Labute approximate surface area is 84.7 Å². The maximum absolute atomic E-state index is 5.98. The van der Waals surface area contributed by atoms with E-state index >= 15 is 0 Å². The van der Waals surface area contributed by atoms with Crippen molar-refractivity contribution in [3.63, 3.8) is 0 Å². The number of hydrogen-bond acceptors (Lipinski definition) is 1. The molecule has 0 bridgehead atoms. The van der Waals surface area contributed by atoms with Crippen molar-refractivity contribution in [2.75, 3.05) is 0 Å². The van der Waals surface area contributed by atoms with Crippen LogP contribution in [0.3, 0.4) is 0 Å². The van der Waals surface area contributed by atoms with Gasteiger partial charge in [0.15, 0.2) is 0 Å². The highest BCUT2D eigenvalue weighted by atomic mass is 79.9. The Morgan fingerprint density at radius 3 is 2.55 bits per heavy atom.